The van der Waals surface area contributed by atoms with E-state index in [1.807, 2.05) is 28.2 Å². The number of nitro benzene ring substituents is 1. The normalized spacial score (nSPS) is 14.4. The molecular formula is C19H18N3O3S+. The number of nitro groups is 1. The van der Waals surface area contributed by atoms with Gasteiger partial charge in [-0.2, -0.15) is 0 Å². The Hall–Kier alpha value is -2.77. The van der Waals surface area contributed by atoms with Crippen LogP contribution < -0.4 is 8.86 Å². The van der Waals surface area contributed by atoms with Crippen molar-refractivity contribution in [1.29, 1.82) is 0 Å². The average Bonchev–Trinajstić information content (AvgIpc) is 3.15. The molecule has 2 heterocycles. The van der Waals surface area contributed by atoms with Gasteiger partial charge in [0.2, 0.25) is 11.9 Å². The zero-order chi connectivity index (χ0) is 17.9. The Morgan fingerprint density at radius 3 is 2.58 bits per heavy atom. The first kappa shape index (κ1) is 16.7. The van der Waals surface area contributed by atoms with Crippen LogP contribution in [-0.4, -0.2) is 31.2 Å². The third-order valence-electron chi connectivity index (χ3n) is 4.34. The maximum atomic E-state index is 11.1. The fraction of sp³-hybridized carbons (Fsp3) is 0.211. The molecule has 1 fully saturated rings. The molecule has 0 bridgehead atoms. The fourth-order valence-electron chi connectivity index (χ4n) is 3.02. The number of ether oxygens (including phenoxy) is 1. The van der Waals surface area contributed by atoms with E-state index in [2.05, 4.69) is 23.2 Å². The van der Waals surface area contributed by atoms with Gasteiger partial charge in [0.05, 0.1) is 29.8 Å². The molecule has 1 aliphatic rings. The maximum absolute atomic E-state index is 11.1. The molecule has 6 nitrogen and oxygen atoms in total. The van der Waals surface area contributed by atoms with Crippen molar-refractivity contribution in [1.82, 2.24) is 0 Å². The molecule has 0 amide bonds. The molecular weight excluding hydrogens is 350 g/mol. The van der Waals surface area contributed by atoms with Gasteiger partial charge in [-0.15, -0.1) is 0 Å². The second kappa shape index (κ2) is 7.23. The van der Waals surface area contributed by atoms with Gasteiger partial charge in [0.1, 0.15) is 0 Å². The smallest absolute Gasteiger partial charge is 0.276 e. The molecule has 1 aromatic heterocycles. The second-order valence-electron chi connectivity index (χ2n) is 6.01. The highest BCUT2D eigenvalue weighted by Crippen LogP contribution is 2.34. The van der Waals surface area contributed by atoms with Gasteiger partial charge in [-0.3, -0.25) is 10.1 Å². The topological polar surface area (TPSA) is 59.5 Å². The Morgan fingerprint density at radius 1 is 1.08 bits per heavy atom. The van der Waals surface area contributed by atoms with Crippen LogP contribution in [0.1, 0.15) is 0 Å². The van der Waals surface area contributed by atoms with Crippen LogP contribution >= 0.6 is 11.5 Å². The minimum atomic E-state index is -0.362. The molecule has 7 heteroatoms. The van der Waals surface area contributed by atoms with Crippen molar-refractivity contribution in [3.8, 4) is 16.8 Å². The molecule has 1 saturated heterocycles. The second-order valence-corrected chi connectivity index (χ2v) is 6.97. The van der Waals surface area contributed by atoms with Gasteiger partial charge in [0.25, 0.3) is 5.69 Å². The van der Waals surface area contributed by atoms with E-state index in [-0.39, 0.29) is 10.6 Å². The number of nitrogens with zero attached hydrogens (tertiary/aromatic N) is 3. The van der Waals surface area contributed by atoms with E-state index in [4.69, 9.17) is 4.74 Å². The summed E-state index contributed by atoms with van der Waals surface area (Å²) in [5.74, 6) is 0. The lowest BCUT2D eigenvalue weighted by Gasteiger charge is -2.26. The lowest BCUT2D eigenvalue weighted by molar-refractivity contribution is -0.519. The number of aromatic nitrogens is 1. The predicted molar refractivity (Wildman–Crippen MR) is 101 cm³/mol. The number of hydrogen-bond acceptors (Lipinski definition) is 5. The summed E-state index contributed by atoms with van der Waals surface area (Å²) in [6.07, 6.45) is 2.06. The first-order valence-corrected chi connectivity index (χ1v) is 9.18. The molecule has 3 aromatic rings. The summed E-state index contributed by atoms with van der Waals surface area (Å²) < 4.78 is 7.48. The van der Waals surface area contributed by atoms with E-state index in [1.54, 1.807) is 23.7 Å². The van der Waals surface area contributed by atoms with Gasteiger partial charge in [0.15, 0.2) is 16.5 Å². The summed E-state index contributed by atoms with van der Waals surface area (Å²) in [5, 5.41) is 12.3. The number of anilines is 1. The van der Waals surface area contributed by atoms with E-state index in [0.29, 0.717) is 13.2 Å². The van der Waals surface area contributed by atoms with E-state index in [1.165, 1.54) is 6.07 Å². The van der Waals surface area contributed by atoms with Crippen molar-refractivity contribution in [3.05, 3.63) is 70.9 Å². The van der Waals surface area contributed by atoms with E-state index >= 15 is 0 Å². The number of hydrogen-bond donors (Lipinski definition) is 0. The van der Waals surface area contributed by atoms with Gasteiger partial charge >= 0.3 is 0 Å². The summed E-state index contributed by atoms with van der Waals surface area (Å²) >= 11 is 1.60. The van der Waals surface area contributed by atoms with Crippen LogP contribution in [0.15, 0.2) is 60.8 Å². The van der Waals surface area contributed by atoms with Crippen LogP contribution in [0.3, 0.4) is 0 Å². The molecule has 0 N–H and O–H groups in total. The van der Waals surface area contributed by atoms with Crippen molar-refractivity contribution in [2.75, 3.05) is 31.2 Å². The minimum Gasteiger partial charge on any atom is -0.378 e. The Kier molecular flexibility index (Phi) is 4.64. The standard InChI is InChI=1S/C19H18N3O3S/c23-22(24)17-8-4-7-16(13-17)21-14-18(15-5-2-1-3-6-15)19(26-21)20-9-11-25-12-10-20/h1-8,13-14H,9-12H2/q+1. The van der Waals surface area contributed by atoms with Gasteiger partial charge in [-0.1, -0.05) is 34.3 Å². The third kappa shape index (κ3) is 3.31. The highest BCUT2D eigenvalue weighted by atomic mass is 32.1. The monoisotopic (exact) mass is 368 g/mol. The molecule has 0 saturated carbocycles. The average molecular weight is 368 g/mol. The van der Waals surface area contributed by atoms with Gasteiger partial charge in [0, 0.05) is 25.2 Å². The fourth-order valence-corrected chi connectivity index (χ4v) is 4.15. The zero-order valence-electron chi connectivity index (χ0n) is 14.1. The number of rotatable bonds is 4. The van der Waals surface area contributed by atoms with Crippen molar-refractivity contribution >= 4 is 22.2 Å². The number of benzene rings is 2. The molecule has 0 atom stereocenters. The first-order chi connectivity index (χ1) is 12.7. The summed E-state index contributed by atoms with van der Waals surface area (Å²) in [6.45, 7) is 3.11. The quantitative estimate of drug-likeness (QED) is 0.402. The molecule has 0 aliphatic carbocycles. The molecule has 1 aliphatic heterocycles. The summed E-state index contributed by atoms with van der Waals surface area (Å²) in [4.78, 5) is 13.1. The van der Waals surface area contributed by atoms with Crippen molar-refractivity contribution in [3.63, 3.8) is 0 Å². The third-order valence-corrected chi connectivity index (χ3v) is 5.50. The van der Waals surface area contributed by atoms with Crippen LogP contribution in [0.25, 0.3) is 16.8 Å². The van der Waals surface area contributed by atoms with E-state index in [9.17, 15) is 10.1 Å². The predicted octanol–water partition coefficient (Wildman–Crippen LogP) is 3.44. The number of non-ortho nitro benzene ring substituents is 1. The van der Waals surface area contributed by atoms with Crippen molar-refractivity contribution in [2.45, 2.75) is 0 Å². The summed E-state index contributed by atoms with van der Waals surface area (Å²) in [6, 6.07) is 16.9. The Morgan fingerprint density at radius 2 is 1.85 bits per heavy atom. The molecule has 26 heavy (non-hydrogen) atoms. The Bertz CT molecular complexity index is 921. The molecule has 0 unspecified atom stereocenters. The molecule has 0 radical (unpaired) electrons. The SMILES string of the molecule is O=[N+]([O-])c1cccc(-[n+]2cc(-c3ccccc3)c(N3CCOCC3)s2)c1. The lowest BCUT2D eigenvalue weighted by Crippen LogP contribution is -2.36. The largest absolute Gasteiger partial charge is 0.378 e. The Balaban J connectivity index is 1.80. The van der Waals surface area contributed by atoms with Crippen LogP contribution in [0.4, 0.5) is 10.7 Å². The van der Waals surface area contributed by atoms with Crippen LogP contribution in [0.5, 0.6) is 0 Å². The van der Waals surface area contributed by atoms with E-state index < -0.39 is 0 Å². The van der Waals surface area contributed by atoms with Gasteiger partial charge in [-0.25, -0.2) is 0 Å². The Labute approximate surface area is 155 Å². The highest BCUT2D eigenvalue weighted by molar-refractivity contribution is 7.07. The molecule has 0 spiro atoms. The lowest BCUT2D eigenvalue weighted by atomic mass is 10.1. The van der Waals surface area contributed by atoms with Crippen LogP contribution in [0.2, 0.25) is 0 Å². The summed E-state index contributed by atoms with van der Waals surface area (Å²) in [5.41, 5.74) is 3.15. The molecule has 4 rings (SSSR count). The molecule has 132 valence electrons. The van der Waals surface area contributed by atoms with Gasteiger partial charge < -0.3 is 9.64 Å². The van der Waals surface area contributed by atoms with Crippen LogP contribution in [-0.2, 0) is 4.74 Å². The van der Waals surface area contributed by atoms with E-state index in [0.717, 1.165) is 34.9 Å². The van der Waals surface area contributed by atoms with Crippen LogP contribution in [0, 0.1) is 10.1 Å². The molecule has 2 aromatic carbocycles. The first-order valence-electron chi connectivity index (χ1n) is 8.41. The highest BCUT2D eigenvalue weighted by Gasteiger charge is 2.26. The summed E-state index contributed by atoms with van der Waals surface area (Å²) in [7, 11) is 0. The maximum Gasteiger partial charge on any atom is 0.276 e. The zero-order valence-corrected chi connectivity index (χ0v) is 14.9. The minimum absolute atomic E-state index is 0.0950. The van der Waals surface area contributed by atoms with Crippen molar-refractivity contribution in [2.24, 2.45) is 0 Å². The van der Waals surface area contributed by atoms with Crippen molar-refractivity contribution < 1.29 is 13.6 Å². The van der Waals surface area contributed by atoms with Gasteiger partial charge in [-0.05, 0) is 11.6 Å². The number of morpholine rings is 1.